The third kappa shape index (κ3) is 5.49. The maximum Gasteiger partial charge on any atom is 0.247 e. The fraction of sp³-hybridized carbons (Fsp3) is 0.286. The molecule has 1 heterocycles. The molecule has 0 saturated carbocycles. The number of hydrogen-bond donors (Lipinski definition) is 1. The Labute approximate surface area is 159 Å². The zero-order chi connectivity index (χ0) is 19.1. The van der Waals surface area contributed by atoms with Crippen LogP contribution in [0.4, 0.5) is 0 Å². The number of aromatic nitrogens is 2. The second kappa shape index (κ2) is 9.09. The molecule has 0 bridgehead atoms. The highest BCUT2D eigenvalue weighted by molar-refractivity contribution is 5.76. The van der Waals surface area contributed by atoms with Crippen molar-refractivity contribution in [2.24, 2.45) is 0 Å². The summed E-state index contributed by atoms with van der Waals surface area (Å²) in [6.45, 7) is 1.36. The molecule has 0 aliphatic rings. The number of amides is 1. The van der Waals surface area contributed by atoms with Gasteiger partial charge in [0, 0.05) is 31.5 Å². The molecule has 0 spiro atoms. The molecule has 0 aliphatic carbocycles. The summed E-state index contributed by atoms with van der Waals surface area (Å²) < 4.78 is 5.64. The Bertz CT molecular complexity index is 875. The van der Waals surface area contributed by atoms with Gasteiger partial charge in [-0.2, -0.15) is 0 Å². The molecule has 0 unspecified atom stereocenters. The van der Waals surface area contributed by atoms with Gasteiger partial charge in [0.1, 0.15) is 0 Å². The summed E-state index contributed by atoms with van der Waals surface area (Å²) in [6, 6.07) is 17.7. The molecule has 27 heavy (non-hydrogen) atoms. The van der Waals surface area contributed by atoms with E-state index in [9.17, 15) is 4.79 Å². The van der Waals surface area contributed by atoms with E-state index in [0.717, 1.165) is 17.7 Å². The van der Waals surface area contributed by atoms with Gasteiger partial charge in [-0.1, -0.05) is 42.5 Å². The molecule has 140 valence electrons. The van der Waals surface area contributed by atoms with E-state index in [-0.39, 0.29) is 5.91 Å². The van der Waals surface area contributed by atoms with Gasteiger partial charge in [0.2, 0.25) is 17.7 Å². The lowest BCUT2D eigenvalue weighted by Crippen LogP contribution is -2.24. The minimum atomic E-state index is -0.0332. The SMILES string of the molecule is CN(C)Cc1ccccc1CNC(=O)CCc1nnc(-c2ccccc2)o1. The van der Waals surface area contributed by atoms with E-state index in [1.165, 1.54) is 5.56 Å². The van der Waals surface area contributed by atoms with Crippen LogP contribution < -0.4 is 5.32 Å². The monoisotopic (exact) mass is 364 g/mol. The average Bonchev–Trinajstić information content (AvgIpc) is 3.15. The van der Waals surface area contributed by atoms with E-state index < -0.39 is 0 Å². The van der Waals surface area contributed by atoms with Crippen LogP contribution in [0.1, 0.15) is 23.4 Å². The van der Waals surface area contributed by atoms with Gasteiger partial charge in [-0.25, -0.2) is 0 Å². The Morgan fingerprint density at radius 1 is 1.00 bits per heavy atom. The molecule has 0 fully saturated rings. The predicted molar refractivity (Wildman–Crippen MR) is 104 cm³/mol. The van der Waals surface area contributed by atoms with Crippen molar-refractivity contribution in [3.05, 3.63) is 71.6 Å². The Morgan fingerprint density at radius 2 is 1.70 bits per heavy atom. The summed E-state index contributed by atoms with van der Waals surface area (Å²) in [6.07, 6.45) is 0.733. The van der Waals surface area contributed by atoms with Crippen molar-refractivity contribution in [1.29, 1.82) is 0 Å². The Kier molecular flexibility index (Phi) is 6.33. The molecule has 0 aliphatic heterocycles. The first-order chi connectivity index (χ1) is 13.1. The number of carbonyl (C=O) groups is 1. The van der Waals surface area contributed by atoms with Gasteiger partial charge in [-0.15, -0.1) is 10.2 Å². The number of hydrogen-bond acceptors (Lipinski definition) is 5. The highest BCUT2D eigenvalue weighted by Gasteiger charge is 2.11. The van der Waals surface area contributed by atoms with Gasteiger partial charge in [0.15, 0.2) is 0 Å². The van der Waals surface area contributed by atoms with Crippen LogP contribution in [0, 0.1) is 0 Å². The van der Waals surface area contributed by atoms with E-state index in [2.05, 4.69) is 26.5 Å². The largest absolute Gasteiger partial charge is 0.421 e. The fourth-order valence-corrected chi connectivity index (χ4v) is 2.78. The van der Waals surface area contributed by atoms with E-state index in [4.69, 9.17) is 4.42 Å². The highest BCUT2D eigenvalue weighted by atomic mass is 16.4. The summed E-state index contributed by atoms with van der Waals surface area (Å²) in [5, 5.41) is 11.0. The summed E-state index contributed by atoms with van der Waals surface area (Å²) in [4.78, 5) is 14.3. The quantitative estimate of drug-likeness (QED) is 0.665. The zero-order valence-electron chi connectivity index (χ0n) is 15.7. The van der Waals surface area contributed by atoms with Crippen molar-refractivity contribution in [3.63, 3.8) is 0 Å². The molecule has 6 nitrogen and oxygen atoms in total. The third-order valence-corrected chi connectivity index (χ3v) is 4.13. The predicted octanol–water partition coefficient (Wildman–Crippen LogP) is 3.05. The van der Waals surface area contributed by atoms with E-state index >= 15 is 0 Å². The van der Waals surface area contributed by atoms with Crippen molar-refractivity contribution in [1.82, 2.24) is 20.4 Å². The first-order valence-electron chi connectivity index (χ1n) is 8.98. The first kappa shape index (κ1) is 18.8. The lowest BCUT2D eigenvalue weighted by molar-refractivity contribution is -0.121. The molecule has 1 aromatic heterocycles. The summed E-state index contributed by atoms with van der Waals surface area (Å²) in [5.74, 6) is 0.912. The average molecular weight is 364 g/mol. The maximum absolute atomic E-state index is 12.2. The van der Waals surface area contributed by atoms with Gasteiger partial charge in [-0.05, 0) is 37.4 Å². The number of nitrogens with zero attached hydrogens (tertiary/aromatic N) is 3. The number of carbonyl (C=O) groups excluding carboxylic acids is 1. The van der Waals surface area contributed by atoms with Crippen LogP contribution >= 0.6 is 0 Å². The lowest BCUT2D eigenvalue weighted by atomic mass is 10.1. The van der Waals surface area contributed by atoms with Crippen molar-refractivity contribution in [2.45, 2.75) is 25.9 Å². The van der Waals surface area contributed by atoms with E-state index in [1.54, 1.807) is 0 Å². The van der Waals surface area contributed by atoms with Crippen molar-refractivity contribution >= 4 is 5.91 Å². The van der Waals surface area contributed by atoms with Crippen LogP contribution in [0.5, 0.6) is 0 Å². The fourth-order valence-electron chi connectivity index (χ4n) is 2.78. The first-order valence-corrected chi connectivity index (χ1v) is 8.98. The summed E-state index contributed by atoms with van der Waals surface area (Å²) in [7, 11) is 4.06. The number of nitrogens with one attached hydrogen (secondary N) is 1. The van der Waals surface area contributed by atoms with Crippen LogP contribution in [-0.2, 0) is 24.3 Å². The van der Waals surface area contributed by atoms with Crippen LogP contribution in [0.3, 0.4) is 0 Å². The third-order valence-electron chi connectivity index (χ3n) is 4.13. The van der Waals surface area contributed by atoms with Crippen molar-refractivity contribution in [3.8, 4) is 11.5 Å². The molecule has 0 radical (unpaired) electrons. The van der Waals surface area contributed by atoms with Crippen molar-refractivity contribution < 1.29 is 9.21 Å². The van der Waals surface area contributed by atoms with Gasteiger partial charge in [-0.3, -0.25) is 4.79 Å². The second-order valence-corrected chi connectivity index (χ2v) is 6.65. The highest BCUT2D eigenvalue weighted by Crippen LogP contribution is 2.17. The molecule has 3 aromatic rings. The molecular formula is C21H24N4O2. The number of benzene rings is 2. The number of aryl methyl sites for hydroxylation is 1. The van der Waals surface area contributed by atoms with Crippen LogP contribution in [0.15, 0.2) is 59.0 Å². The van der Waals surface area contributed by atoms with Gasteiger partial charge in [0.25, 0.3) is 0 Å². The Balaban J connectivity index is 1.50. The second-order valence-electron chi connectivity index (χ2n) is 6.65. The molecule has 0 saturated heterocycles. The minimum Gasteiger partial charge on any atom is -0.421 e. The van der Waals surface area contributed by atoms with Crippen LogP contribution in [0.25, 0.3) is 11.5 Å². The summed E-state index contributed by atoms with van der Waals surface area (Å²) >= 11 is 0. The summed E-state index contributed by atoms with van der Waals surface area (Å²) in [5.41, 5.74) is 3.22. The molecule has 6 heteroatoms. The van der Waals surface area contributed by atoms with Gasteiger partial charge >= 0.3 is 0 Å². The lowest BCUT2D eigenvalue weighted by Gasteiger charge is -2.14. The standard InChI is InChI=1S/C21H24N4O2/c1-25(2)15-18-11-7-6-10-17(18)14-22-19(26)12-13-20-23-24-21(27-20)16-8-4-3-5-9-16/h3-11H,12-15H2,1-2H3,(H,22,26). The normalized spacial score (nSPS) is 10.9. The molecule has 1 amide bonds. The smallest absolute Gasteiger partial charge is 0.247 e. The Morgan fingerprint density at radius 3 is 2.44 bits per heavy atom. The van der Waals surface area contributed by atoms with Crippen molar-refractivity contribution in [2.75, 3.05) is 14.1 Å². The molecule has 0 atom stereocenters. The van der Waals surface area contributed by atoms with Crippen LogP contribution in [-0.4, -0.2) is 35.1 Å². The van der Waals surface area contributed by atoms with E-state index in [0.29, 0.717) is 31.2 Å². The topological polar surface area (TPSA) is 71.3 Å². The zero-order valence-corrected chi connectivity index (χ0v) is 15.7. The van der Waals surface area contributed by atoms with E-state index in [1.807, 2.05) is 62.6 Å². The maximum atomic E-state index is 12.2. The molecule has 3 rings (SSSR count). The van der Waals surface area contributed by atoms with Gasteiger partial charge < -0.3 is 14.6 Å². The minimum absolute atomic E-state index is 0.0332. The van der Waals surface area contributed by atoms with Gasteiger partial charge in [0.05, 0.1) is 0 Å². The molecule has 1 N–H and O–H groups in total. The molecule has 2 aromatic carbocycles. The molecular weight excluding hydrogens is 340 g/mol. The Hall–Kier alpha value is -2.99. The van der Waals surface area contributed by atoms with Crippen LogP contribution in [0.2, 0.25) is 0 Å². The number of rotatable bonds is 8.